The van der Waals surface area contributed by atoms with Gasteiger partial charge in [0.2, 0.25) is 0 Å². The Balaban J connectivity index is 2.09. The molecular weight excluding hydrogens is 255 g/mol. The van der Waals surface area contributed by atoms with Gasteiger partial charge in [0.15, 0.2) is 0 Å². The van der Waals surface area contributed by atoms with Crippen molar-refractivity contribution in [3.8, 4) is 5.75 Å². The first-order chi connectivity index (χ1) is 9.65. The van der Waals surface area contributed by atoms with E-state index in [1.165, 1.54) is 18.2 Å². The monoisotopic (exact) mass is 268 g/mol. The van der Waals surface area contributed by atoms with Crippen LogP contribution < -0.4 is 5.73 Å². The first-order valence-electron chi connectivity index (χ1n) is 6.25. The van der Waals surface area contributed by atoms with Crippen LogP contribution in [0.25, 0.3) is 10.9 Å². The summed E-state index contributed by atoms with van der Waals surface area (Å²) in [4.78, 5) is 4.30. The Morgan fingerprint density at radius 2 is 1.90 bits per heavy atom. The maximum absolute atomic E-state index is 13.8. The van der Waals surface area contributed by atoms with E-state index in [9.17, 15) is 9.50 Å². The number of pyridine rings is 1. The van der Waals surface area contributed by atoms with Gasteiger partial charge in [-0.05, 0) is 29.8 Å². The number of hydrogen-bond acceptors (Lipinski definition) is 3. The Morgan fingerprint density at radius 3 is 2.70 bits per heavy atom. The molecule has 3 aromatic rings. The first-order valence-corrected chi connectivity index (χ1v) is 6.25. The van der Waals surface area contributed by atoms with Gasteiger partial charge in [-0.25, -0.2) is 9.37 Å². The second kappa shape index (κ2) is 4.81. The van der Waals surface area contributed by atoms with Gasteiger partial charge in [0.25, 0.3) is 0 Å². The van der Waals surface area contributed by atoms with Gasteiger partial charge in [0, 0.05) is 17.4 Å². The largest absolute Gasteiger partial charge is 0.508 e. The number of nitrogens with zero attached hydrogens (tertiary/aromatic N) is 1. The van der Waals surface area contributed by atoms with Crippen molar-refractivity contribution in [3.05, 3.63) is 65.5 Å². The molecule has 0 unspecified atom stereocenters. The molecule has 1 aromatic heterocycles. The van der Waals surface area contributed by atoms with E-state index in [0.29, 0.717) is 11.4 Å². The Kier molecular flexibility index (Phi) is 2.99. The standard InChI is InChI=1S/C16H13FN2O/c17-13-5-3-7-15(20)12(13)9-11-8-10-4-1-2-6-14(10)19-16(11)18/h1-8,20H,9H2,(H2,18,19). The van der Waals surface area contributed by atoms with Crippen LogP contribution in [0, 0.1) is 5.82 Å². The molecule has 0 bridgehead atoms. The molecular formula is C16H13FN2O. The summed E-state index contributed by atoms with van der Waals surface area (Å²) in [7, 11) is 0. The van der Waals surface area contributed by atoms with Crippen molar-refractivity contribution in [2.75, 3.05) is 5.73 Å². The van der Waals surface area contributed by atoms with E-state index in [1.807, 2.05) is 30.3 Å². The highest BCUT2D eigenvalue weighted by atomic mass is 19.1. The van der Waals surface area contributed by atoms with E-state index in [4.69, 9.17) is 5.73 Å². The lowest BCUT2D eigenvalue weighted by molar-refractivity contribution is 0.460. The normalized spacial score (nSPS) is 10.8. The summed E-state index contributed by atoms with van der Waals surface area (Å²) in [5.74, 6) is -0.165. The first kappa shape index (κ1) is 12.4. The van der Waals surface area contributed by atoms with Crippen LogP contribution >= 0.6 is 0 Å². The highest BCUT2D eigenvalue weighted by molar-refractivity contribution is 5.81. The quantitative estimate of drug-likeness (QED) is 0.750. The number of para-hydroxylation sites is 1. The van der Waals surface area contributed by atoms with Crippen LogP contribution in [0.4, 0.5) is 10.2 Å². The minimum absolute atomic E-state index is 0.0717. The lowest BCUT2D eigenvalue weighted by atomic mass is 10.0. The van der Waals surface area contributed by atoms with Gasteiger partial charge in [-0.15, -0.1) is 0 Å². The van der Waals surface area contributed by atoms with Crippen molar-refractivity contribution in [3.63, 3.8) is 0 Å². The number of halogens is 1. The molecule has 0 saturated carbocycles. The fourth-order valence-corrected chi connectivity index (χ4v) is 2.23. The minimum atomic E-state index is -0.447. The molecule has 0 aliphatic rings. The van der Waals surface area contributed by atoms with Crippen molar-refractivity contribution in [2.45, 2.75) is 6.42 Å². The van der Waals surface area contributed by atoms with E-state index in [0.717, 1.165) is 10.9 Å². The lowest BCUT2D eigenvalue weighted by Gasteiger charge is -2.09. The molecule has 0 aliphatic carbocycles. The topological polar surface area (TPSA) is 59.1 Å². The zero-order chi connectivity index (χ0) is 14.1. The Hall–Kier alpha value is -2.62. The fourth-order valence-electron chi connectivity index (χ4n) is 2.23. The minimum Gasteiger partial charge on any atom is -0.508 e. The number of nitrogen functional groups attached to an aromatic ring is 1. The highest BCUT2D eigenvalue weighted by Crippen LogP contribution is 2.26. The number of rotatable bonds is 2. The third-order valence-corrected chi connectivity index (χ3v) is 3.30. The van der Waals surface area contributed by atoms with E-state index < -0.39 is 5.82 Å². The van der Waals surface area contributed by atoms with Gasteiger partial charge in [-0.2, -0.15) is 0 Å². The molecule has 100 valence electrons. The average Bonchev–Trinajstić information content (AvgIpc) is 2.43. The number of benzene rings is 2. The SMILES string of the molecule is Nc1nc2ccccc2cc1Cc1c(O)cccc1F. The predicted octanol–water partition coefficient (Wildman–Crippen LogP) is 3.25. The summed E-state index contributed by atoms with van der Waals surface area (Å²) in [6.07, 6.45) is 0.210. The smallest absolute Gasteiger partial charge is 0.130 e. The van der Waals surface area contributed by atoms with Gasteiger partial charge in [-0.3, -0.25) is 0 Å². The second-order valence-corrected chi connectivity index (χ2v) is 4.64. The third kappa shape index (κ3) is 2.16. The van der Waals surface area contributed by atoms with E-state index >= 15 is 0 Å². The van der Waals surface area contributed by atoms with Crippen LogP contribution in [0.15, 0.2) is 48.5 Å². The molecule has 0 amide bonds. The molecule has 3 nitrogen and oxygen atoms in total. The highest BCUT2D eigenvalue weighted by Gasteiger charge is 2.11. The van der Waals surface area contributed by atoms with Crippen molar-refractivity contribution in [1.82, 2.24) is 4.98 Å². The number of anilines is 1. The number of fused-ring (bicyclic) bond motifs is 1. The molecule has 0 saturated heterocycles. The number of nitrogens with two attached hydrogens (primary N) is 1. The molecule has 1 heterocycles. The van der Waals surface area contributed by atoms with Gasteiger partial charge in [-0.1, -0.05) is 24.3 Å². The summed E-state index contributed by atoms with van der Waals surface area (Å²) < 4.78 is 13.8. The molecule has 0 fully saturated rings. The van der Waals surface area contributed by atoms with Crippen LogP contribution in [0.1, 0.15) is 11.1 Å². The molecule has 3 rings (SSSR count). The van der Waals surface area contributed by atoms with Crippen LogP contribution in [0.5, 0.6) is 5.75 Å². The van der Waals surface area contributed by atoms with Gasteiger partial charge in [0.1, 0.15) is 17.4 Å². The summed E-state index contributed by atoms with van der Waals surface area (Å²) in [5.41, 5.74) is 7.65. The van der Waals surface area contributed by atoms with E-state index in [2.05, 4.69) is 4.98 Å². The molecule has 0 atom stereocenters. The van der Waals surface area contributed by atoms with Gasteiger partial charge in [0.05, 0.1) is 5.52 Å². The molecule has 0 aliphatic heterocycles. The third-order valence-electron chi connectivity index (χ3n) is 3.30. The van der Waals surface area contributed by atoms with Crippen molar-refractivity contribution in [2.24, 2.45) is 0 Å². The summed E-state index contributed by atoms with van der Waals surface area (Å²) >= 11 is 0. The van der Waals surface area contributed by atoms with Crippen LogP contribution in [-0.4, -0.2) is 10.1 Å². The van der Waals surface area contributed by atoms with Crippen molar-refractivity contribution in [1.29, 1.82) is 0 Å². The maximum atomic E-state index is 13.8. The number of hydrogen-bond donors (Lipinski definition) is 2. The molecule has 3 N–H and O–H groups in total. The number of aromatic hydroxyl groups is 1. The Morgan fingerprint density at radius 1 is 1.10 bits per heavy atom. The Labute approximate surface area is 115 Å². The summed E-state index contributed by atoms with van der Waals surface area (Å²) in [6, 6.07) is 13.7. The predicted molar refractivity (Wildman–Crippen MR) is 77.0 cm³/mol. The number of aromatic nitrogens is 1. The molecule has 20 heavy (non-hydrogen) atoms. The molecule has 0 spiro atoms. The zero-order valence-electron chi connectivity index (χ0n) is 10.7. The van der Waals surface area contributed by atoms with Gasteiger partial charge >= 0.3 is 0 Å². The number of phenolic OH excluding ortho intramolecular Hbond substituents is 1. The zero-order valence-corrected chi connectivity index (χ0v) is 10.7. The van der Waals surface area contributed by atoms with Crippen LogP contribution in [0.2, 0.25) is 0 Å². The summed E-state index contributed by atoms with van der Waals surface area (Å²) in [5, 5.41) is 10.7. The van der Waals surface area contributed by atoms with Crippen LogP contribution in [-0.2, 0) is 6.42 Å². The van der Waals surface area contributed by atoms with Crippen molar-refractivity contribution >= 4 is 16.7 Å². The lowest BCUT2D eigenvalue weighted by Crippen LogP contribution is -2.01. The van der Waals surface area contributed by atoms with E-state index in [1.54, 1.807) is 0 Å². The molecule has 0 radical (unpaired) electrons. The molecule has 2 aromatic carbocycles. The van der Waals surface area contributed by atoms with Crippen molar-refractivity contribution < 1.29 is 9.50 Å². The van der Waals surface area contributed by atoms with E-state index in [-0.39, 0.29) is 17.7 Å². The summed E-state index contributed by atoms with van der Waals surface area (Å²) in [6.45, 7) is 0. The second-order valence-electron chi connectivity index (χ2n) is 4.64. The average molecular weight is 268 g/mol. The maximum Gasteiger partial charge on any atom is 0.130 e. The van der Waals surface area contributed by atoms with Crippen LogP contribution in [0.3, 0.4) is 0 Å². The molecule has 4 heteroatoms. The fraction of sp³-hybridized carbons (Fsp3) is 0.0625. The van der Waals surface area contributed by atoms with Gasteiger partial charge < -0.3 is 10.8 Å². The Bertz CT molecular complexity index is 766. The number of phenols is 1.